The topological polar surface area (TPSA) is 26.7 Å². The summed E-state index contributed by atoms with van der Waals surface area (Å²) in [6.07, 6.45) is 0. The molecule has 2 aromatic carbocycles. The van der Waals surface area contributed by atoms with E-state index in [0.717, 1.165) is 13.1 Å². The van der Waals surface area contributed by atoms with Gasteiger partial charge < -0.3 is 10.0 Å². The molecule has 3 nitrogen and oxygen atoms in total. The third-order valence-electron chi connectivity index (χ3n) is 6.26. The van der Waals surface area contributed by atoms with E-state index >= 15 is 0 Å². The van der Waals surface area contributed by atoms with Crippen molar-refractivity contribution >= 4 is 0 Å². The molecule has 0 spiro atoms. The molecule has 3 heteroatoms. The molecule has 132 valence electrons. The van der Waals surface area contributed by atoms with Gasteiger partial charge in [0.15, 0.2) is 0 Å². The maximum Gasteiger partial charge on any atom is 0.0477 e. The molecule has 0 aromatic heterocycles. The molecule has 1 aliphatic carbocycles. The minimum absolute atomic E-state index is 0.296. The van der Waals surface area contributed by atoms with Crippen molar-refractivity contribution in [1.29, 1.82) is 0 Å². The van der Waals surface area contributed by atoms with Crippen molar-refractivity contribution in [3.05, 3.63) is 71.8 Å². The van der Waals surface area contributed by atoms with Crippen LogP contribution in [0.15, 0.2) is 60.7 Å². The van der Waals surface area contributed by atoms with Crippen LogP contribution in [0.2, 0.25) is 0 Å². The van der Waals surface area contributed by atoms with Gasteiger partial charge in [-0.15, -0.1) is 0 Å². The van der Waals surface area contributed by atoms with E-state index < -0.39 is 0 Å². The van der Waals surface area contributed by atoms with Gasteiger partial charge in [0.25, 0.3) is 0 Å². The summed E-state index contributed by atoms with van der Waals surface area (Å²) < 4.78 is 0. The Morgan fingerprint density at radius 3 is 2.24 bits per heavy atom. The Morgan fingerprint density at radius 1 is 1.00 bits per heavy atom. The zero-order chi connectivity index (χ0) is 17.4. The van der Waals surface area contributed by atoms with E-state index in [1.807, 2.05) is 0 Å². The highest BCUT2D eigenvalue weighted by Gasteiger charge is 2.59. The number of hydrogen-bond acceptors (Lipinski definition) is 3. The molecule has 0 unspecified atom stereocenters. The van der Waals surface area contributed by atoms with E-state index in [2.05, 4.69) is 84.6 Å². The Kier molecular flexibility index (Phi) is 4.63. The minimum atomic E-state index is 0.296. The molecule has 2 aromatic rings. The number of nitrogens with zero attached hydrogens (tertiary/aromatic N) is 2. The van der Waals surface area contributed by atoms with Crippen molar-refractivity contribution in [2.45, 2.75) is 18.6 Å². The van der Waals surface area contributed by atoms with Crippen LogP contribution in [-0.4, -0.2) is 48.2 Å². The van der Waals surface area contributed by atoms with Gasteiger partial charge in [-0.3, -0.25) is 4.90 Å². The summed E-state index contributed by atoms with van der Waals surface area (Å²) in [7, 11) is 4.32. The van der Waals surface area contributed by atoms with Crippen molar-refractivity contribution in [2.24, 2.45) is 17.8 Å². The largest absolute Gasteiger partial charge is 0.396 e. The zero-order valence-electron chi connectivity index (χ0n) is 15.1. The summed E-state index contributed by atoms with van der Waals surface area (Å²) in [5, 5.41) is 9.94. The smallest absolute Gasteiger partial charge is 0.0477 e. The lowest BCUT2D eigenvalue weighted by molar-refractivity contribution is -0.0554. The molecular weight excluding hydrogens is 308 g/mol. The summed E-state index contributed by atoms with van der Waals surface area (Å²) >= 11 is 0. The first-order chi connectivity index (χ1) is 12.2. The summed E-state index contributed by atoms with van der Waals surface area (Å²) in [6.45, 7) is 2.35. The zero-order valence-corrected chi connectivity index (χ0v) is 15.1. The van der Waals surface area contributed by atoms with Gasteiger partial charge in [-0.05, 0) is 37.1 Å². The molecule has 1 saturated heterocycles. The molecule has 2 fully saturated rings. The first kappa shape index (κ1) is 16.8. The molecule has 2 aliphatic rings. The summed E-state index contributed by atoms with van der Waals surface area (Å²) in [4.78, 5) is 4.95. The predicted molar refractivity (Wildman–Crippen MR) is 101 cm³/mol. The quantitative estimate of drug-likeness (QED) is 0.909. The maximum atomic E-state index is 9.94. The van der Waals surface area contributed by atoms with Gasteiger partial charge in [-0.2, -0.15) is 0 Å². The molecule has 0 radical (unpaired) electrons. The molecule has 0 bridgehead atoms. The molecule has 1 N–H and O–H groups in total. The average Bonchev–Trinajstić information content (AvgIpc) is 2.91. The normalized spacial score (nSPS) is 31.8. The highest BCUT2D eigenvalue weighted by molar-refractivity contribution is 5.27. The number of likely N-dealkylation sites (tertiary alicyclic amines) is 1. The fourth-order valence-corrected chi connectivity index (χ4v) is 5.27. The van der Waals surface area contributed by atoms with Crippen LogP contribution in [-0.2, 0) is 6.54 Å². The highest BCUT2D eigenvalue weighted by atomic mass is 16.3. The van der Waals surface area contributed by atoms with Crippen LogP contribution in [0.1, 0.15) is 17.2 Å². The summed E-state index contributed by atoms with van der Waals surface area (Å²) in [5.74, 6) is 1.58. The lowest BCUT2D eigenvalue weighted by Crippen LogP contribution is -2.59. The van der Waals surface area contributed by atoms with E-state index in [0.29, 0.717) is 36.4 Å². The number of fused-ring (bicyclic) bond motifs is 1. The van der Waals surface area contributed by atoms with E-state index in [-0.39, 0.29) is 0 Å². The Morgan fingerprint density at radius 2 is 1.64 bits per heavy atom. The second-order valence-corrected chi connectivity index (χ2v) is 7.81. The molecule has 5 atom stereocenters. The Balaban J connectivity index is 1.66. The maximum absolute atomic E-state index is 9.94. The van der Waals surface area contributed by atoms with Crippen LogP contribution in [0.5, 0.6) is 0 Å². The fourth-order valence-electron chi connectivity index (χ4n) is 5.27. The molecule has 1 saturated carbocycles. The Hall–Kier alpha value is -1.68. The van der Waals surface area contributed by atoms with Gasteiger partial charge in [-0.1, -0.05) is 60.7 Å². The van der Waals surface area contributed by atoms with Crippen LogP contribution in [0.25, 0.3) is 0 Å². The van der Waals surface area contributed by atoms with Crippen LogP contribution in [0, 0.1) is 17.8 Å². The fraction of sp³-hybridized carbons (Fsp3) is 0.455. The number of benzene rings is 2. The summed E-state index contributed by atoms with van der Waals surface area (Å²) in [5.41, 5.74) is 2.78. The van der Waals surface area contributed by atoms with E-state index in [1.54, 1.807) is 0 Å². The lowest BCUT2D eigenvalue weighted by Gasteiger charge is -2.52. The first-order valence-electron chi connectivity index (χ1n) is 9.31. The van der Waals surface area contributed by atoms with Gasteiger partial charge in [0.05, 0.1) is 0 Å². The third-order valence-corrected chi connectivity index (χ3v) is 6.26. The van der Waals surface area contributed by atoms with E-state index in [1.165, 1.54) is 11.1 Å². The summed E-state index contributed by atoms with van der Waals surface area (Å²) in [6, 6.07) is 22.6. The number of rotatable bonds is 5. The van der Waals surface area contributed by atoms with Gasteiger partial charge in [0.2, 0.25) is 0 Å². The van der Waals surface area contributed by atoms with Gasteiger partial charge in [0.1, 0.15) is 0 Å². The second kappa shape index (κ2) is 6.91. The molecule has 25 heavy (non-hydrogen) atoms. The number of aliphatic hydroxyl groups excluding tert-OH is 1. The highest BCUT2D eigenvalue weighted by Crippen LogP contribution is 2.56. The van der Waals surface area contributed by atoms with Crippen LogP contribution >= 0.6 is 0 Å². The van der Waals surface area contributed by atoms with Crippen molar-refractivity contribution in [3.63, 3.8) is 0 Å². The first-order valence-corrected chi connectivity index (χ1v) is 9.31. The number of aliphatic hydroxyl groups is 1. The van der Waals surface area contributed by atoms with Crippen LogP contribution in [0.3, 0.4) is 0 Å². The monoisotopic (exact) mass is 336 g/mol. The third kappa shape index (κ3) is 2.91. The molecule has 0 amide bonds. The van der Waals surface area contributed by atoms with Gasteiger partial charge >= 0.3 is 0 Å². The standard InChI is InChI=1S/C22H28N2O/c1-23(2)22-19(15-25)18-14-24(13-16-9-5-3-6-10-16)21(20(18)22)17-11-7-4-8-12-17/h3-12,18-22,25H,13-15H2,1-2H3/t18-,19+,20+,21-,22-/m1/s1. The van der Waals surface area contributed by atoms with Crippen molar-refractivity contribution in [3.8, 4) is 0 Å². The SMILES string of the molecule is CN(C)[C@@H]1[C@@H](CO)[C@H]2CN(Cc3ccccc3)[C@H](c3ccccc3)[C@H]21. The van der Waals surface area contributed by atoms with Crippen molar-refractivity contribution < 1.29 is 5.11 Å². The van der Waals surface area contributed by atoms with E-state index in [4.69, 9.17) is 0 Å². The molecular formula is C22H28N2O. The van der Waals surface area contributed by atoms with E-state index in [9.17, 15) is 5.11 Å². The van der Waals surface area contributed by atoms with Crippen LogP contribution < -0.4 is 0 Å². The lowest BCUT2D eigenvalue weighted by atomic mass is 9.59. The molecule has 4 rings (SSSR count). The molecule has 1 aliphatic heterocycles. The number of hydrogen-bond donors (Lipinski definition) is 1. The minimum Gasteiger partial charge on any atom is -0.396 e. The predicted octanol–water partition coefficient (Wildman–Crippen LogP) is 3.03. The van der Waals surface area contributed by atoms with Crippen molar-refractivity contribution in [1.82, 2.24) is 9.80 Å². The Bertz CT molecular complexity index is 688. The Labute approximate surface area is 150 Å². The molecule has 1 heterocycles. The average molecular weight is 336 g/mol. The van der Waals surface area contributed by atoms with Crippen molar-refractivity contribution in [2.75, 3.05) is 27.2 Å². The van der Waals surface area contributed by atoms with Gasteiger partial charge in [0, 0.05) is 37.7 Å². The second-order valence-electron chi connectivity index (χ2n) is 7.81. The van der Waals surface area contributed by atoms with Gasteiger partial charge in [-0.25, -0.2) is 0 Å². The van der Waals surface area contributed by atoms with Crippen LogP contribution in [0.4, 0.5) is 0 Å².